The van der Waals surface area contributed by atoms with E-state index in [1.54, 1.807) is 13.2 Å². The Balaban J connectivity index is 1.56. The van der Waals surface area contributed by atoms with E-state index in [0.717, 1.165) is 31.7 Å². The number of anilines is 3. The average molecular weight is 369 g/mol. The van der Waals surface area contributed by atoms with Crippen LogP contribution in [-0.4, -0.2) is 49.2 Å². The van der Waals surface area contributed by atoms with E-state index in [1.807, 2.05) is 12.1 Å². The van der Waals surface area contributed by atoms with Crippen LogP contribution >= 0.6 is 0 Å². The highest BCUT2D eigenvalue weighted by atomic mass is 16.5. The Hall–Kier alpha value is -2.67. The fraction of sp³-hybridized carbons (Fsp3) is 0.450. The van der Waals surface area contributed by atoms with Gasteiger partial charge in [0.25, 0.3) is 5.91 Å². The molecule has 1 aromatic heterocycles. The molecule has 1 amide bonds. The quantitative estimate of drug-likeness (QED) is 0.696. The molecule has 0 aliphatic carbocycles. The number of rotatable bonds is 8. The molecule has 1 fully saturated rings. The first-order valence-corrected chi connectivity index (χ1v) is 9.47. The first-order chi connectivity index (χ1) is 13.3. The Morgan fingerprint density at radius 2 is 1.93 bits per heavy atom. The minimum absolute atomic E-state index is 0.247. The third-order valence-corrected chi connectivity index (χ3v) is 4.58. The lowest BCUT2D eigenvalue weighted by Gasteiger charge is -2.28. The summed E-state index contributed by atoms with van der Waals surface area (Å²) in [7, 11) is 1.67. The van der Waals surface area contributed by atoms with E-state index in [4.69, 9.17) is 4.74 Å². The van der Waals surface area contributed by atoms with Gasteiger partial charge in [-0.1, -0.05) is 0 Å². The molecule has 27 heavy (non-hydrogen) atoms. The van der Waals surface area contributed by atoms with Gasteiger partial charge in [-0.05, 0) is 49.9 Å². The van der Waals surface area contributed by atoms with Crippen molar-refractivity contribution >= 4 is 23.1 Å². The Labute approximate surface area is 160 Å². The highest BCUT2D eigenvalue weighted by Gasteiger charge is 2.12. The number of hydrogen-bond donors (Lipinski definition) is 2. The molecule has 1 aromatic carbocycles. The summed E-state index contributed by atoms with van der Waals surface area (Å²) in [6, 6.07) is 9.65. The smallest absolute Gasteiger partial charge is 0.274 e. The van der Waals surface area contributed by atoms with Crippen molar-refractivity contribution in [2.45, 2.75) is 25.7 Å². The van der Waals surface area contributed by atoms with Crippen LogP contribution in [-0.2, 0) is 4.74 Å². The Morgan fingerprint density at radius 3 is 2.67 bits per heavy atom. The van der Waals surface area contributed by atoms with Gasteiger partial charge in [-0.2, -0.15) is 0 Å². The molecular formula is C20H27N5O2. The summed E-state index contributed by atoms with van der Waals surface area (Å²) in [4.78, 5) is 23.1. The van der Waals surface area contributed by atoms with Gasteiger partial charge in [-0.25, -0.2) is 9.97 Å². The Kier molecular flexibility index (Phi) is 6.98. The Morgan fingerprint density at radius 1 is 1.15 bits per heavy atom. The number of carbonyl (C=O) groups is 1. The van der Waals surface area contributed by atoms with Crippen LogP contribution in [0.3, 0.4) is 0 Å². The second-order valence-corrected chi connectivity index (χ2v) is 6.61. The molecule has 2 heterocycles. The van der Waals surface area contributed by atoms with Gasteiger partial charge < -0.3 is 20.3 Å². The largest absolute Gasteiger partial charge is 0.385 e. The van der Waals surface area contributed by atoms with Gasteiger partial charge in [0, 0.05) is 50.8 Å². The summed E-state index contributed by atoms with van der Waals surface area (Å²) in [6.45, 7) is 3.61. The zero-order valence-corrected chi connectivity index (χ0v) is 15.8. The van der Waals surface area contributed by atoms with Gasteiger partial charge in [-0.15, -0.1) is 0 Å². The van der Waals surface area contributed by atoms with E-state index in [1.165, 1.54) is 31.3 Å². The van der Waals surface area contributed by atoms with Crippen LogP contribution in [0, 0.1) is 0 Å². The lowest BCUT2D eigenvalue weighted by Crippen LogP contribution is -2.29. The summed E-state index contributed by atoms with van der Waals surface area (Å²) < 4.78 is 5.02. The maximum absolute atomic E-state index is 12.5. The maximum Gasteiger partial charge on any atom is 0.274 e. The number of nitrogens with one attached hydrogen (secondary N) is 2. The molecule has 1 saturated heterocycles. The van der Waals surface area contributed by atoms with Gasteiger partial charge in [0.1, 0.15) is 17.8 Å². The van der Waals surface area contributed by atoms with Crippen LogP contribution in [0.25, 0.3) is 0 Å². The molecule has 0 radical (unpaired) electrons. The van der Waals surface area contributed by atoms with Crippen molar-refractivity contribution in [2.75, 3.05) is 48.9 Å². The molecule has 144 valence electrons. The number of amides is 1. The van der Waals surface area contributed by atoms with Gasteiger partial charge in [0.2, 0.25) is 0 Å². The number of piperidine rings is 1. The molecule has 2 aromatic rings. The third kappa shape index (κ3) is 5.65. The van der Waals surface area contributed by atoms with E-state index < -0.39 is 0 Å². The molecule has 3 rings (SSSR count). The maximum atomic E-state index is 12.5. The molecule has 0 unspecified atom stereocenters. The van der Waals surface area contributed by atoms with Crippen LogP contribution in [0.15, 0.2) is 36.7 Å². The fourth-order valence-corrected chi connectivity index (χ4v) is 3.11. The van der Waals surface area contributed by atoms with Crippen molar-refractivity contribution in [3.63, 3.8) is 0 Å². The number of methoxy groups -OCH3 is 1. The molecule has 0 atom stereocenters. The van der Waals surface area contributed by atoms with Crippen molar-refractivity contribution in [3.8, 4) is 0 Å². The molecule has 0 bridgehead atoms. The van der Waals surface area contributed by atoms with Crippen molar-refractivity contribution < 1.29 is 9.53 Å². The minimum atomic E-state index is -0.247. The second kappa shape index (κ2) is 9.87. The van der Waals surface area contributed by atoms with Crippen LogP contribution in [0.2, 0.25) is 0 Å². The predicted octanol–water partition coefficient (Wildman–Crippen LogP) is 3.17. The van der Waals surface area contributed by atoms with E-state index in [2.05, 4.69) is 37.6 Å². The number of ether oxygens (including phenoxy) is 1. The second-order valence-electron chi connectivity index (χ2n) is 6.61. The summed E-state index contributed by atoms with van der Waals surface area (Å²) in [5, 5.41) is 6.06. The van der Waals surface area contributed by atoms with Gasteiger partial charge in [0.05, 0.1) is 0 Å². The van der Waals surface area contributed by atoms with E-state index in [9.17, 15) is 4.79 Å². The molecule has 0 saturated carbocycles. The van der Waals surface area contributed by atoms with Crippen LogP contribution in [0.4, 0.5) is 17.2 Å². The fourth-order valence-electron chi connectivity index (χ4n) is 3.11. The van der Waals surface area contributed by atoms with Gasteiger partial charge in [-0.3, -0.25) is 4.79 Å². The molecule has 1 aliphatic heterocycles. The molecule has 7 heteroatoms. The number of aromatic nitrogens is 2. The highest BCUT2D eigenvalue weighted by Crippen LogP contribution is 2.22. The monoisotopic (exact) mass is 369 g/mol. The molecule has 1 aliphatic rings. The van der Waals surface area contributed by atoms with Crippen LogP contribution in [0.1, 0.15) is 36.2 Å². The highest BCUT2D eigenvalue weighted by molar-refractivity contribution is 6.03. The average Bonchev–Trinajstić information content (AvgIpc) is 2.73. The lowest BCUT2D eigenvalue weighted by atomic mass is 10.1. The lowest BCUT2D eigenvalue weighted by molar-refractivity contribution is 0.102. The SMILES string of the molecule is COCCCNc1cc(C(=O)Nc2ccc(N3CCCCC3)cc2)ncn1. The number of nitrogens with zero attached hydrogens (tertiary/aromatic N) is 3. The zero-order valence-electron chi connectivity index (χ0n) is 15.8. The zero-order chi connectivity index (χ0) is 18.9. The van der Waals surface area contributed by atoms with E-state index >= 15 is 0 Å². The normalized spacial score (nSPS) is 14.0. The Bertz CT molecular complexity index is 729. The van der Waals surface area contributed by atoms with Gasteiger partial charge in [0.15, 0.2) is 0 Å². The van der Waals surface area contributed by atoms with Crippen LogP contribution in [0.5, 0.6) is 0 Å². The molecule has 2 N–H and O–H groups in total. The van der Waals surface area contributed by atoms with E-state index in [0.29, 0.717) is 18.1 Å². The third-order valence-electron chi connectivity index (χ3n) is 4.58. The number of carbonyl (C=O) groups excluding carboxylic acids is 1. The van der Waals surface area contributed by atoms with Crippen LogP contribution < -0.4 is 15.5 Å². The first kappa shape index (κ1) is 19.1. The summed E-state index contributed by atoms with van der Waals surface area (Å²) in [5.74, 6) is 0.384. The first-order valence-electron chi connectivity index (χ1n) is 9.47. The summed E-state index contributed by atoms with van der Waals surface area (Å²) in [5.41, 5.74) is 2.30. The van der Waals surface area contributed by atoms with E-state index in [-0.39, 0.29) is 5.91 Å². The van der Waals surface area contributed by atoms with Crippen molar-refractivity contribution in [1.29, 1.82) is 0 Å². The molecular weight excluding hydrogens is 342 g/mol. The van der Waals surface area contributed by atoms with Crippen molar-refractivity contribution in [3.05, 3.63) is 42.4 Å². The topological polar surface area (TPSA) is 79.4 Å². The molecule has 0 spiro atoms. The predicted molar refractivity (Wildman–Crippen MR) is 107 cm³/mol. The standard InChI is InChI=1S/C20H27N5O2/c1-27-13-5-10-21-19-14-18(22-15-23-19)20(26)24-16-6-8-17(9-7-16)25-11-3-2-4-12-25/h6-9,14-15H,2-5,10-13H2,1H3,(H,24,26)(H,21,22,23). The van der Waals surface area contributed by atoms with Gasteiger partial charge >= 0.3 is 0 Å². The van der Waals surface area contributed by atoms with Crippen molar-refractivity contribution in [2.24, 2.45) is 0 Å². The van der Waals surface area contributed by atoms with Crippen molar-refractivity contribution in [1.82, 2.24) is 9.97 Å². The summed E-state index contributed by atoms with van der Waals surface area (Å²) in [6.07, 6.45) is 6.06. The summed E-state index contributed by atoms with van der Waals surface area (Å²) >= 11 is 0. The number of hydrogen-bond acceptors (Lipinski definition) is 6. The number of benzene rings is 1. The minimum Gasteiger partial charge on any atom is -0.385 e. The molecule has 7 nitrogen and oxygen atoms in total.